The number of hydrogen-bond donors (Lipinski definition) is 2. The third kappa shape index (κ3) is 3.81. The molecule has 0 spiro atoms. The maximum Gasteiger partial charge on any atom is 0.279 e. The lowest BCUT2D eigenvalue weighted by Crippen LogP contribution is -2.41. The van der Waals surface area contributed by atoms with E-state index in [2.05, 4.69) is 26.8 Å². The first kappa shape index (κ1) is 16.4. The van der Waals surface area contributed by atoms with Crippen molar-refractivity contribution in [1.29, 1.82) is 0 Å². The Balaban J connectivity index is 2.03. The summed E-state index contributed by atoms with van der Waals surface area (Å²) >= 11 is 10.2. The van der Waals surface area contributed by atoms with Crippen LogP contribution in [-0.2, 0) is 0 Å². The summed E-state index contributed by atoms with van der Waals surface area (Å²) in [6, 6.07) is 6.72. The van der Waals surface area contributed by atoms with Gasteiger partial charge in [-0.25, -0.2) is 0 Å². The topological polar surface area (TPSA) is 101 Å². The number of carbonyl (C=O) groups excluding carboxylic acids is 2. The van der Waals surface area contributed by atoms with Gasteiger partial charge in [0.05, 0.1) is 24.2 Å². The van der Waals surface area contributed by atoms with E-state index in [1.54, 1.807) is 12.1 Å². The molecule has 2 rings (SSSR count). The van der Waals surface area contributed by atoms with Crippen LogP contribution in [0.1, 0.15) is 20.0 Å². The molecular weight excluding hydrogens is 398 g/mol. The first-order valence-electron chi connectivity index (χ1n) is 5.68. The Morgan fingerprint density at radius 1 is 1.18 bits per heavy atom. The zero-order valence-electron chi connectivity index (χ0n) is 10.6. The van der Waals surface area contributed by atoms with Crippen LogP contribution in [0.3, 0.4) is 0 Å². The van der Waals surface area contributed by atoms with Crippen LogP contribution in [0, 0.1) is 10.1 Å². The Bertz CT molecular complexity index is 765. The monoisotopic (exact) mass is 403 g/mol. The summed E-state index contributed by atoms with van der Waals surface area (Å²) in [4.78, 5) is 34.0. The Kier molecular flexibility index (Phi) is 5.11. The van der Waals surface area contributed by atoms with E-state index in [1.807, 2.05) is 0 Å². The van der Waals surface area contributed by atoms with Crippen molar-refractivity contribution in [2.75, 3.05) is 0 Å². The molecule has 22 heavy (non-hydrogen) atoms. The maximum atomic E-state index is 11.9. The molecule has 0 saturated heterocycles. The van der Waals surface area contributed by atoms with Crippen LogP contribution in [0.25, 0.3) is 0 Å². The Hall–Kier alpha value is -1.97. The quantitative estimate of drug-likeness (QED) is 0.606. The third-order valence-electron chi connectivity index (χ3n) is 2.49. The van der Waals surface area contributed by atoms with Crippen LogP contribution in [0.15, 0.2) is 34.1 Å². The third-order valence-corrected chi connectivity index (χ3v) is 4.43. The predicted molar refractivity (Wildman–Crippen MR) is 85.1 cm³/mol. The molecule has 7 nitrogen and oxygen atoms in total. The highest BCUT2D eigenvalue weighted by Crippen LogP contribution is 2.23. The zero-order valence-corrected chi connectivity index (χ0v) is 13.8. The van der Waals surface area contributed by atoms with Gasteiger partial charge in [-0.3, -0.25) is 30.6 Å². The van der Waals surface area contributed by atoms with Crippen molar-refractivity contribution in [2.45, 2.75) is 0 Å². The second kappa shape index (κ2) is 6.86. The Morgan fingerprint density at radius 3 is 2.41 bits per heavy atom. The lowest BCUT2D eigenvalue weighted by atomic mass is 10.2. The number of nitro groups is 1. The number of benzene rings is 1. The predicted octanol–water partition coefficient (Wildman–Crippen LogP) is 3.15. The highest BCUT2D eigenvalue weighted by molar-refractivity contribution is 9.11. The molecule has 2 N–H and O–H groups in total. The normalized spacial score (nSPS) is 10.1. The molecule has 2 amide bonds. The van der Waals surface area contributed by atoms with E-state index in [0.717, 1.165) is 15.9 Å². The number of nitrogens with zero attached hydrogens (tertiary/aromatic N) is 1. The summed E-state index contributed by atoms with van der Waals surface area (Å²) < 4.78 is 0.780. The van der Waals surface area contributed by atoms with Crippen molar-refractivity contribution in [1.82, 2.24) is 10.9 Å². The molecule has 114 valence electrons. The molecule has 0 aliphatic carbocycles. The van der Waals surface area contributed by atoms with Crippen LogP contribution in [0.5, 0.6) is 0 Å². The summed E-state index contributed by atoms with van der Waals surface area (Å²) in [5, 5.41) is 10.5. The van der Waals surface area contributed by atoms with E-state index in [-0.39, 0.29) is 16.3 Å². The van der Waals surface area contributed by atoms with Gasteiger partial charge in [-0.1, -0.05) is 11.6 Å². The standard InChI is InChI=1S/C12H7BrClN3O4S/c13-10-4-3-9(22-10)12(19)16-15-11(18)7-2-1-6(17(20)21)5-8(7)14/h1-5H,(H,15,18)(H,16,19). The van der Waals surface area contributed by atoms with Crippen molar-refractivity contribution < 1.29 is 14.5 Å². The minimum absolute atomic E-state index is 0.0138. The number of nitrogens with one attached hydrogen (secondary N) is 2. The summed E-state index contributed by atoms with van der Waals surface area (Å²) in [5.74, 6) is -1.16. The number of rotatable bonds is 3. The van der Waals surface area contributed by atoms with Gasteiger partial charge in [-0.05, 0) is 34.1 Å². The number of nitro benzene ring substituents is 1. The number of hydrazine groups is 1. The molecule has 0 atom stereocenters. The van der Waals surface area contributed by atoms with E-state index in [4.69, 9.17) is 11.6 Å². The average molecular weight is 405 g/mol. The molecule has 0 unspecified atom stereocenters. The second-order valence-electron chi connectivity index (χ2n) is 3.93. The van der Waals surface area contributed by atoms with Gasteiger partial charge >= 0.3 is 0 Å². The average Bonchev–Trinajstić information content (AvgIpc) is 2.90. The van der Waals surface area contributed by atoms with E-state index < -0.39 is 16.7 Å². The fourth-order valence-electron chi connectivity index (χ4n) is 1.48. The van der Waals surface area contributed by atoms with E-state index in [9.17, 15) is 19.7 Å². The number of thiophene rings is 1. The fraction of sp³-hybridized carbons (Fsp3) is 0. The highest BCUT2D eigenvalue weighted by atomic mass is 79.9. The fourth-order valence-corrected chi connectivity index (χ4v) is 3.02. The van der Waals surface area contributed by atoms with E-state index >= 15 is 0 Å². The summed E-state index contributed by atoms with van der Waals surface area (Å²) in [5.41, 5.74) is 4.21. The summed E-state index contributed by atoms with van der Waals surface area (Å²) in [6.45, 7) is 0. The minimum atomic E-state index is -0.677. The number of non-ortho nitro benzene ring substituents is 1. The number of halogens is 2. The van der Waals surface area contributed by atoms with Crippen molar-refractivity contribution >= 4 is 56.4 Å². The molecular formula is C12H7BrClN3O4S. The van der Waals surface area contributed by atoms with Gasteiger partial charge in [-0.15, -0.1) is 11.3 Å². The van der Waals surface area contributed by atoms with Crippen molar-refractivity contribution in [3.63, 3.8) is 0 Å². The number of hydrogen-bond acceptors (Lipinski definition) is 5. The highest BCUT2D eigenvalue weighted by Gasteiger charge is 2.16. The Morgan fingerprint density at radius 2 is 1.86 bits per heavy atom. The van der Waals surface area contributed by atoms with Crippen LogP contribution < -0.4 is 10.9 Å². The number of amides is 2. The zero-order chi connectivity index (χ0) is 16.3. The van der Waals surface area contributed by atoms with E-state index in [1.165, 1.54) is 17.4 Å². The lowest BCUT2D eigenvalue weighted by molar-refractivity contribution is -0.384. The van der Waals surface area contributed by atoms with Gasteiger partial charge in [0.25, 0.3) is 17.5 Å². The molecule has 2 aromatic rings. The lowest BCUT2D eigenvalue weighted by Gasteiger charge is -2.07. The van der Waals surface area contributed by atoms with Gasteiger partial charge in [0.2, 0.25) is 0 Å². The first-order valence-corrected chi connectivity index (χ1v) is 7.67. The van der Waals surface area contributed by atoms with Crippen LogP contribution in [0.4, 0.5) is 5.69 Å². The van der Waals surface area contributed by atoms with Gasteiger partial charge in [0, 0.05) is 12.1 Å². The molecule has 0 saturated carbocycles. The molecule has 1 aromatic carbocycles. The molecule has 10 heteroatoms. The Labute approximate surface area is 141 Å². The largest absolute Gasteiger partial charge is 0.279 e. The van der Waals surface area contributed by atoms with Crippen LogP contribution in [0.2, 0.25) is 5.02 Å². The van der Waals surface area contributed by atoms with Crippen LogP contribution in [-0.4, -0.2) is 16.7 Å². The molecule has 0 fully saturated rings. The molecule has 0 bridgehead atoms. The minimum Gasteiger partial charge on any atom is -0.267 e. The van der Waals surface area contributed by atoms with Gasteiger partial charge in [0.15, 0.2) is 0 Å². The molecule has 1 aromatic heterocycles. The van der Waals surface area contributed by atoms with Gasteiger partial charge < -0.3 is 0 Å². The smallest absolute Gasteiger partial charge is 0.267 e. The molecule has 1 heterocycles. The SMILES string of the molecule is O=C(NNC(=O)c1ccc([N+](=O)[O-])cc1Cl)c1ccc(Br)s1. The van der Waals surface area contributed by atoms with Crippen molar-refractivity contribution in [3.8, 4) is 0 Å². The molecule has 0 aliphatic heterocycles. The summed E-state index contributed by atoms with van der Waals surface area (Å²) in [7, 11) is 0. The van der Waals surface area contributed by atoms with Gasteiger partial charge in [0.1, 0.15) is 0 Å². The van der Waals surface area contributed by atoms with Crippen molar-refractivity contribution in [3.05, 3.63) is 59.7 Å². The van der Waals surface area contributed by atoms with Crippen molar-refractivity contribution in [2.24, 2.45) is 0 Å². The second-order valence-corrected chi connectivity index (χ2v) is 6.80. The molecule has 0 radical (unpaired) electrons. The number of carbonyl (C=O) groups is 2. The van der Waals surface area contributed by atoms with Crippen LogP contribution >= 0.6 is 38.9 Å². The summed E-state index contributed by atoms with van der Waals surface area (Å²) in [6.07, 6.45) is 0. The first-order chi connectivity index (χ1) is 10.4. The van der Waals surface area contributed by atoms with Gasteiger partial charge in [-0.2, -0.15) is 0 Å². The maximum absolute atomic E-state index is 11.9. The van der Waals surface area contributed by atoms with E-state index in [0.29, 0.717) is 4.88 Å². The molecule has 0 aliphatic rings.